The van der Waals surface area contributed by atoms with E-state index in [1.54, 1.807) is 18.2 Å². The number of fused-ring (bicyclic) bond motifs is 1. The van der Waals surface area contributed by atoms with Crippen molar-refractivity contribution in [1.29, 1.82) is 0 Å². The summed E-state index contributed by atoms with van der Waals surface area (Å²) in [6, 6.07) is 7.81. The Balaban J connectivity index is 1.93. The van der Waals surface area contributed by atoms with Gasteiger partial charge < -0.3 is 29.0 Å². The van der Waals surface area contributed by atoms with Gasteiger partial charge in [0.2, 0.25) is 0 Å². The molecule has 27 heavy (non-hydrogen) atoms. The van der Waals surface area contributed by atoms with Gasteiger partial charge >= 0.3 is 5.97 Å². The molecule has 0 fully saturated rings. The molecule has 0 aliphatic carbocycles. The summed E-state index contributed by atoms with van der Waals surface area (Å²) in [5.41, 5.74) is 0.727. The number of nitrogens with one attached hydrogen (secondary N) is 1. The lowest BCUT2D eigenvalue weighted by atomic mass is 10.1. The number of hydrogen-bond acceptors (Lipinski definition) is 7. The first-order chi connectivity index (χ1) is 13.1. The minimum atomic E-state index is -0.617. The smallest absolute Gasteiger partial charge is 0.340 e. The van der Waals surface area contributed by atoms with Crippen LogP contribution < -0.4 is 24.3 Å². The first-order valence-electron chi connectivity index (χ1n) is 8.12. The van der Waals surface area contributed by atoms with Gasteiger partial charge in [-0.05, 0) is 18.2 Å². The quantitative estimate of drug-likeness (QED) is 0.805. The molecule has 3 rings (SSSR count). The second-order valence-corrected chi connectivity index (χ2v) is 5.56. The zero-order valence-corrected chi connectivity index (χ0v) is 15.2. The fourth-order valence-corrected chi connectivity index (χ4v) is 2.64. The molecule has 1 amide bonds. The summed E-state index contributed by atoms with van der Waals surface area (Å²) in [6.07, 6.45) is 0. The molecule has 8 heteroatoms. The maximum absolute atomic E-state index is 12.7. The van der Waals surface area contributed by atoms with Gasteiger partial charge in [0, 0.05) is 17.7 Å². The number of carbonyl (C=O) groups is 2. The highest BCUT2D eigenvalue weighted by Gasteiger charge is 2.21. The molecular formula is C19H19NO7. The van der Waals surface area contributed by atoms with E-state index in [9.17, 15) is 9.59 Å². The molecule has 8 nitrogen and oxygen atoms in total. The van der Waals surface area contributed by atoms with Crippen molar-refractivity contribution in [3.05, 3.63) is 41.5 Å². The van der Waals surface area contributed by atoms with Crippen LogP contribution in [0, 0.1) is 0 Å². The Morgan fingerprint density at radius 3 is 2.26 bits per heavy atom. The summed E-state index contributed by atoms with van der Waals surface area (Å²) in [6.45, 7) is 0.882. The summed E-state index contributed by atoms with van der Waals surface area (Å²) < 4.78 is 26.2. The van der Waals surface area contributed by atoms with Crippen molar-refractivity contribution in [3.8, 4) is 23.0 Å². The van der Waals surface area contributed by atoms with Crippen molar-refractivity contribution < 1.29 is 33.3 Å². The lowest BCUT2D eigenvalue weighted by Gasteiger charge is -2.19. The molecule has 0 radical (unpaired) electrons. The van der Waals surface area contributed by atoms with E-state index in [1.165, 1.54) is 33.5 Å². The van der Waals surface area contributed by atoms with Crippen LogP contribution in [-0.2, 0) is 4.74 Å². The molecule has 1 heterocycles. The van der Waals surface area contributed by atoms with Crippen LogP contribution in [0.25, 0.3) is 0 Å². The zero-order chi connectivity index (χ0) is 19.4. The highest BCUT2D eigenvalue weighted by atomic mass is 16.6. The first kappa shape index (κ1) is 18.4. The second-order valence-electron chi connectivity index (χ2n) is 5.56. The van der Waals surface area contributed by atoms with E-state index >= 15 is 0 Å². The standard InChI is InChI=1S/C19H19NO7/c1-23-15-9-12(19(22)25-3)13(10-16(15)24-2)20-18(21)11-4-5-14-17(8-11)27-7-6-26-14/h4-5,8-10H,6-7H2,1-3H3,(H,20,21). The third-order valence-electron chi connectivity index (χ3n) is 3.98. The molecule has 0 unspecified atom stereocenters. The first-order valence-corrected chi connectivity index (χ1v) is 8.12. The molecule has 2 aromatic carbocycles. The molecule has 0 spiro atoms. The van der Waals surface area contributed by atoms with E-state index in [-0.39, 0.29) is 11.3 Å². The number of ether oxygens (including phenoxy) is 5. The van der Waals surface area contributed by atoms with Crippen molar-refractivity contribution >= 4 is 17.6 Å². The summed E-state index contributed by atoms with van der Waals surface area (Å²) in [4.78, 5) is 24.8. The Hall–Kier alpha value is -3.42. The summed E-state index contributed by atoms with van der Waals surface area (Å²) in [7, 11) is 4.17. The molecule has 142 valence electrons. The number of carbonyl (C=O) groups excluding carboxylic acids is 2. The molecule has 0 bridgehead atoms. The Bertz CT molecular complexity index is 879. The largest absolute Gasteiger partial charge is 0.493 e. The van der Waals surface area contributed by atoms with Gasteiger partial charge in [-0.1, -0.05) is 0 Å². The molecule has 2 aromatic rings. The number of amides is 1. The normalized spacial score (nSPS) is 12.1. The summed E-state index contributed by atoms with van der Waals surface area (Å²) in [5, 5.41) is 2.70. The zero-order valence-electron chi connectivity index (χ0n) is 15.2. The number of benzene rings is 2. The summed E-state index contributed by atoms with van der Waals surface area (Å²) in [5.74, 6) is 0.740. The van der Waals surface area contributed by atoms with E-state index in [2.05, 4.69) is 5.32 Å². The third kappa shape index (κ3) is 3.74. The molecule has 0 saturated heterocycles. The van der Waals surface area contributed by atoms with Crippen LogP contribution in [0.1, 0.15) is 20.7 Å². The average molecular weight is 373 g/mol. The van der Waals surface area contributed by atoms with Crippen LogP contribution in [0.3, 0.4) is 0 Å². The number of rotatable bonds is 5. The van der Waals surface area contributed by atoms with Gasteiger partial charge in [-0.25, -0.2) is 4.79 Å². The van der Waals surface area contributed by atoms with E-state index in [1.807, 2.05) is 0 Å². The average Bonchev–Trinajstić information content (AvgIpc) is 2.72. The highest BCUT2D eigenvalue weighted by molar-refractivity contribution is 6.08. The van der Waals surface area contributed by atoms with Crippen LogP contribution in [0.4, 0.5) is 5.69 Å². The van der Waals surface area contributed by atoms with Gasteiger partial charge in [-0.15, -0.1) is 0 Å². The van der Waals surface area contributed by atoms with E-state index in [0.717, 1.165) is 0 Å². The van der Waals surface area contributed by atoms with Crippen LogP contribution in [0.5, 0.6) is 23.0 Å². The Labute approximate surface area is 155 Å². The van der Waals surface area contributed by atoms with Crippen LogP contribution in [0.2, 0.25) is 0 Å². The maximum atomic E-state index is 12.7. The van der Waals surface area contributed by atoms with E-state index < -0.39 is 11.9 Å². The number of anilines is 1. The van der Waals surface area contributed by atoms with E-state index in [0.29, 0.717) is 41.8 Å². The number of esters is 1. The minimum Gasteiger partial charge on any atom is -0.493 e. The fourth-order valence-electron chi connectivity index (χ4n) is 2.64. The molecule has 1 aliphatic heterocycles. The Kier molecular flexibility index (Phi) is 5.35. The highest BCUT2D eigenvalue weighted by Crippen LogP contribution is 2.35. The predicted molar refractivity (Wildman–Crippen MR) is 96.3 cm³/mol. The fraction of sp³-hybridized carbons (Fsp3) is 0.263. The van der Waals surface area contributed by atoms with Crippen molar-refractivity contribution in [2.45, 2.75) is 0 Å². The molecule has 0 saturated carbocycles. The lowest BCUT2D eigenvalue weighted by molar-refractivity contribution is 0.0601. The van der Waals surface area contributed by atoms with Gasteiger partial charge in [0.1, 0.15) is 13.2 Å². The Morgan fingerprint density at radius 1 is 0.926 bits per heavy atom. The van der Waals surface area contributed by atoms with Crippen LogP contribution in [-0.4, -0.2) is 46.4 Å². The number of methoxy groups -OCH3 is 3. The van der Waals surface area contributed by atoms with Crippen molar-refractivity contribution in [2.75, 3.05) is 39.9 Å². The van der Waals surface area contributed by atoms with Gasteiger partial charge in [0.25, 0.3) is 5.91 Å². The topological polar surface area (TPSA) is 92.3 Å². The third-order valence-corrected chi connectivity index (χ3v) is 3.98. The van der Waals surface area contributed by atoms with Gasteiger partial charge in [0.05, 0.1) is 32.6 Å². The predicted octanol–water partition coefficient (Wildman–Crippen LogP) is 2.51. The van der Waals surface area contributed by atoms with E-state index in [4.69, 9.17) is 23.7 Å². The van der Waals surface area contributed by atoms with Crippen molar-refractivity contribution in [2.24, 2.45) is 0 Å². The SMILES string of the molecule is COC(=O)c1cc(OC)c(OC)cc1NC(=O)c1ccc2c(c1)OCCO2. The monoisotopic (exact) mass is 373 g/mol. The van der Waals surface area contributed by atoms with Gasteiger partial charge in [-0.2, -0.15) is 0 Å². The Morgan fingerprint density at radius 2 is 1.59 bits per heavy atom. The second kappa shape index (κ2) is 7.86. The van der Waals surface area contributed by atoms with Gasteiger partial charge in [0.15, 0.2) is 23.0 Å². The molecule has 0 aromatic heterocycles. The van der Waals surface area contributed by atoms with Crippen molar-refractivity contribution in [3.63, 3.8) is 0 Å². The molecule has 1 aliphatic rings. The van der Waals surface area contributed by atoms with Crippen LogP contribution >= 0.6 is 0 Å². The lowest BCUT2D eigenvalue weighted by Crippen LogP contribution is -2.18. The maximum Gasteiger partial charge on any atom is 0.340 e. The summed E-state index contributed by atoms with van der Waals surface area (Å²) >= 11 is 0. The minimum absolute atomic E-state index is 0.140. The molecule has 0 atom stereocenters. The number of hydrogen-bond donors (Lipinski definition) is 1. The molecule has 1 N–H and O–H groups in total. The van der Waals surface area contributed by atoms with Gasteiger partial charge in [-0.3, -0.25) is 4.79 Å². The van der Waals surface area contributed by atoms with Crippen LogP contribution in [0.15, 0.2) is 30.3 Å². The molecular weight excluding hydrogens is 354 g/mol. The van der Waals surface area contributed by atoms with Crippen molar-refractivity contribution in [1.82, 2.24) is 0 Å².